The predicted molar refractivity (Wildman–Crippen MR) is 114 cm³/mol. The lowest BCUT2D eigenvalue weighted by Gasteiger charge is -2.53. The quantitative estimate of drug-likeness (QED) is 0.290. The normalized spacial score (nSPS) is 30.4. The third-order valence-corrected chi connectivity index (χ3v) is 8.10. The summed E-state index contributed by atoms with van der Waals surface area (Å²) in [6.45, 7) is 9.61. The molecule has 0 aromatic heterocycles. The van der Waals surface area contributed by atoms with Gasteiger partial charge in [-0.25, -0.2) is 8.42 Å². The molecule has 2 heterocycles. The van der Waals surface area contributed by atoms with Crippen molar-refractivity contribution in [1.82, 2.24) is 10.2 Å². The number of rotatable bonds is 4. The Morgan fingerprint density at radius 2 is 2.16 bits per heavy atom. The molecular formula is C18H32IN3O2S. The van der Waals surface area contributed by atoms with Crippen molar-refractivity contribution in [2.45, 2.75) is 39.0 Å². The molecule has 1 N–H and O–H groups in total. The van der Waals surface area contributed by atoms with E-state index in [2.05, 4.69) is 23.7 Å². The zero-order valence-electron chi connectivity index (χ0n) is 15.2. The van der Waals surface area contributed by atoms with Crippen molar-refractivity contribution in [3.63, 3.8) is 0 Å². The van der Waals surface area contributed by atoms with Crippen molar-refractivity contribution in [3.05, 3.63) is 12.7 Å². The molecule has 3 aliphatic rings. The van der Waals surface area contributed by atoms with Gasteiger partial charge in [0.1, 0.15) is 0 Å². The molecule has 5 nitrogen and oxygen atoms in total. The number of halogens is 1. The van der Waals surface area contributed by atoms with Gasteiger partial charge in [0.2, 0.25) is 0 Å². The van der Waals surface area contributed by atoms with Gasteiger partial charge in [-0.2, -0.15) is 0 Å². The number of sulfone groups is 1. The van der Waals surface area contributed by atoms with Gasteiger partial charge in [-0.3, -0.25) is 4.99 Å². The van der Waals surface area contributed by atoms with Gasteiger partial charge in [0, 0.05) is 26.2 Å². The largest absolute Gasteiger partial charge is 0.353 e. The Morgan fingerprint density at radius 3 is 2.72 bits per heavy atom. The fourth-order valence-corrected chi connectivity index (χ4v) is 6.25. The molecule has 0 radical (unpaired) electrons. The van der Waals surface area contributed by atoms with E-state index >= 15 is 0 Å². The SMILES string of the molecule is C=CCNC(=NCC1CCS(=O)(=O)C1)N1CCC(C)C2(CCC2)C1.I. The van der Waals surface area contributed by atoms with Crippen LogP contribution in [0.4, 0.5) is 0 Å². The molecule has 2 unspecified atom stereocenters. The third-order valence-electron chi connectivity index (χ3n) is 6.26. The van der Waals surface area contributed by atoms with Gasteiger partial charge in [-0.15, -0.1) is 30.6 Å². The predicted octanol–water partition coefficient (Wildman–Crippen LogP) is 2.68. The van der Waals surface area contributed by atoms with Crippen LogP contribution in [0.1, 0.15) is 39.0 Å². The molecule has 0 aromatic carbocycles. The summed E-state index contributed by atoms with van der Waals surface area (Å²) in [4.78, 5) is 7.20. The number of nitrogens with zero attached hydrogens (tertiary/aromatic N) is 2. The van der Waals surface area contributed by atoms with Crippen LogP contribution >= 0.6 is 24.0 Å². The standard InChI is InChI=1S/C18H31N3O2S.HI/c1-3-9-19-17(20-12-16-6-11-24(22,23)13-16)21-10-5-15(2)18(14-21)7-4-8-18;/h3,15-16H,1,4-14H2,2H3,(H,19,20);1H. The van der Waals surface area contributed by atoms with Crippen LogP contribution in [0, 0.1) is 17.3 Å². The Morgan fingerprint density at radius 1 is 1.40 bits per heavy atom. The van der Waals surface area contributed by atoms with E-state index < -0.39 is 9.84 Å². The first kappa shape index (κ1) is 21.0. The highest BCUT2D eigenvalue weighted by Gasteiger charge is 2.46. The second-order valence-electron chi connectivity index (χ2n) is 7.93. The summed E-state index contributed by atoms with van der Waals surface area (Å²) < 4.78 is 23.3. The fraction of sp³-hybridized carbons (Fsp3) is 0.833. The Bertz CT molecular complexity index is 601. The Balaban J connectivity index is 0.00000225. The summed E-state index contributed by atoms with van der Waals surface area (Å²) in [5, 5.41) is 3.39. The van der Waals surface area contributed by atoms with Crippen LogP contribution in [-0.4, -0.2) is 57.0 Å². The summed E-state index contributed by atoms with van der Waals surface area (Å²) in [5.41, 5.74) is 0.478. The van der Waals surface area contributed by atoms with Crippen LogP contribution in [-0.2, 0) is 9.84 Å². The molecule has 2 atom stereocenters. The number of hydrogen-bond donors (Lipinski definition) is 1. The number of guanidine groups is 1. The highest BCUT2D eigenvalue weighted by molar-refractivity contribution is 14.0. The van der Waals surface area contributed by atoms with Gasteiger partial charge in [0.15, 0.2) is 15.8 Å². The first-order valence-electron chi connectivity index (χ1n) is 9.29. The molecule has 3 fully saturated rings. The average molecular weight is 481 g/mol. The number of piperidine rings is 1. The van der Waals surface area contributed by atoms with E-state index in [1.807, 2.05) is 6.08 Å². The van der Waals surface area contributed by atoms with Gasteiger partial charge in [0.05, 0.1) is 11.5 Å². The van der Waals surface area contributed by atoms with Crippen molar-refractivity contribution in [2.75, 3.05) is 37.7 Å². The Kier molecular flexibility index (Phi) is 7.21. The maximum atomic E-state index is 11.6. The molecular weight excluding hydrogens is 449 g/mol. The summed E-state index contributed by atoms with van der Waals surface area (Å²) >= 11 is 0. The molecule has 0 amide bonds. The first-order chi connectivity index (χ1) is 11.4. The Hall–Kier alpha value is -0.310. The maximum absolute atomic E-state index is 11.6. The highest BCUT2D eigenvalue weighted by atomic mass is 127. The maximum Gasteiger partial charge on any atom is 0.194 e. The van der Waals surface area contributed by atoms with Crippen LogP contribution < -0.4 is 5.32 Å². The summed E-state index contributed by atoms with van der Waals surface area (Å²) in [6.07, 6.45) is 7.83. The second kappa shape index (κ2) is 8.59. The van der Waals surface area contributed by atoms with Gasteiger partial charge in [0.25, 0.3) is 0 Å². The minimum Gasteiger partial charge on any atom is -0.353 e. The second-order valence-corrected chi connectivity index (χ2v) is 10.2. The van der Waals surface area contributed by atoms with E-state index in [0.29, 0.717) is 30.0 Å². The molecule has 144 valence electrons. The summed E-state index contributed by atoms with van der Waals surface area (Å²) in [6, 6.07) is 0. The van der Waals surface area contributed by atoms with E-state index in [-0.39, 0.29) is 29.9 Å². The summed E-state index contributed by atoms with van der Waals surface area (Å²) in [5.74, 6) is 2.54. The molecule has 2 saturated heterocycles. The lowest BCUT2D eigenvalue weighted by molar-refractivity contribution is -0.00505. The Labute approximate surface area is 169 Å². The van der Waals surface area contributed by atoms with Crippen LogP contribution in [0.5, 0.6) is 0 Å². The number of hydrogen-bond acceptors (Lipinski definition) is 3. The molecule has 1 aliphatic carbocycles. The van der Waals surface area contributed by atoms with Crippen LogP contribution in [0.2, 0.25) is 0 Å². The van der Waals surface area contributed by atoms with Crippen molar-refractivity contribution in [1.29, 1.82) is 0 Å². The van der Waals surface area contributed by atoms with E-state index in [1.54, 1.807) is 0 Å². The first-order valence-corrected chi connectivity index (χ1v) is 11.1. The van der Waals surface area contributed by atoms with E-state index in [4.69, 9.17) is 4.99 Å². The topological polar surface area (TPSA) is 61.8 Å². The lowest BCUT2D eigenvalue weighted by atomic mass is 9.59. The number of likely N-dealkylation sites (tertiary alicyclic amines) is 1. The molecule has 1 saturated carbocycles. The van der Waals surface area contributed by atoms with E-state index in [0.717, 1.165) is 31.4 Å². The van der Waals surface area contributed by atoms with Crippen LogP contribution in [0.3, 0.4) is 0 Å². The smallest absolute Gasteiger partial charge is 0.194 e. The molecule has 0 aromatic rings. The molecule has 3 rings (SSSR count). The minimum atomic E-state index is -2.83. The zero-order valence-corrected chi connectivity index (χ0v) is 18.4. The van der Waals surface area contributed by atoms with Crippen LogP contribution in [0.15, 0.2) is 17.6 Å². The van der Waals surface area contributed by atoms with E-state index in [1.165, 1.54) is 25.7 Å². The third kappa shape index (κ3) is 4.90. The van der Waals surface area contributed by atoms with Crippen molar-refractivity contribution in [2.24, 2.45) is 22.2 Å². The molecule has 1 spiro atoms. The van der Waals surface area contributed by atoms with Crippen LogP contribution in [0.25, 0.3) is 0 Å². The number of aliphatic imine (C=N–C) groups is 1. The minimum absolute atomic E-state index is 0. The van der Waals surface area contributed by atoms with Crippen molar-refractivity contribution >= 4 is 39.8 Å². The summed E-state index contributed by atoms with van der Waals surface area (Å²) in [7, 11) is -2.83. The average Bonchev–Trinajstić information content (AvgIpc) is 2.86. The van der Waals surface area contributed by atoms with Crippen molar-refractivity contribution < 1.29 is 8.42 Å². The monoisotopic (exact) mass is 481 g/mol. The van der Waals surface area contributed by atoms with Gasteiger partial charge in [-0.1, -0.05) is 19.4 Å². The van der Waals surface area contributed by atoms with Gasteiger partial charge < -0.3 is 10.2 Å². The van der Waals surface area contributed by atoms with E-state index in [9.17, 15) is 8.42 Å². The number of nitrogens with one attached hydrogen (secondary N) is 1. The fourth-order valence-electron chi connectivity index (χ4n) is 4.40. The van der Waals surface area contributed by atoms with Gasteiger partial charge >= 0.3 is 0 Å². The van der Waals surface area contributed by atoms with Crippen molar-refractivity contribution in [3.8, 4) is 0 Å². The lowest BCUT2D eigenvalue weighted by Crippen LogP contribution is -2.56. The molecule has 2 aliphatic heterocycles. The molecule has 0 bridgehead atoms. The highest BCUT2D eigenvalue weighted by Crippen LogP contribution is 2.50. The van der Waals surface area contributed by atoms with Gasteiger partial charge in [-0.05, 0) is 42.9 Å². The molecule has 7 heteroatoms. The zero-order chi connectivity index (χ0) is 17.2. The molecule has 25 heavy (non-hydrogen) atoms.